The molecule has 0 amide bonds. The first kappa shape index (κ1) is 51.3. The van der Waals surface area contributed by atoms with Gasteiger partial charge in [0.25, 0.3) is 0 Å². The Bertz CT molecular complexity index is 1670. The van der Waals surface area contributed by atoms with Gasteiger partial charge in [0.2, 0.25) is 0 Å². The van der Waals surface area contributed by atoms with E-state index in [1.807, 2.05) is 6.92 Å². The monoisotopic (exact) mass is 947 g/mol. The summed E-state index contributed by atoms with van der Waals surface area (Å²) in [6.07, 6.45) is -13.6. The Balaban J connectivity index is 0.928. The van der Waals surface area contributed by atoms with Crippen LogP contribution in [0.25, 0.3) is 0 Å². The third-order valence-corrected chi connectivity index (χ3v) is 18.3. The summed E-state index contributed by atoms with van der Waals surface area (Å²) in [5.41, 5.74) is 0.437. The Morgan fingerprint density at radius 1 is 0.652 bits per heavy atom. The van der Waals surface area contributed by atoms with Gasteiger partial charge in [0, 0.05) is 0 Å². The van der Waals surface area contributed by atoms with Gasteiger partial charge in [-0.2, -0.15) is 0 Å². The van der Waals surface area contributed by atoms with Crippen LogP contribution in [0.15, 0.2) is 11.6 Å². The third kappa shape index (κ3) is 8.89. The lowest BCUT2D eigenvalue weighted by atomic mass is 9.47. The molecule has 0 bridgehead atoms. The van der Waals surface area contributed by atoms with Crippen molar-refractivity contribution in [3.63, 3.8) is 0 Å². The molecule has 0 spiro atoms. The van der Waals surface area contributed by atoms with Gasteiger partial charge in [0.1, 0.15) is 73.2 Å². The molecule has 3 saturated carbocycles. The van der Waals surface area contributed by atoms with Crippen LogP contribution < -0.4 is 0 Å². The van der Waals surface area contributed by atoms with Crippen molar-refractivity contribution in [1.29, 1.82) is 0 Å². The van der Waals surface area contributed by atoms with Gasteiger partial charge in [-0.05, 0) is 105 Å². The molecule has 0 aromatic heterocycles. The van der Waals surface area contributed by atoms with Crippen LogP contribution in [0.4, 0.5) is 0 Å². The minimum absolute atomic E-state index is 0.00961. The molecule has 4 aliphatic carbocycles. The average Bonchev–Trinajstić information content (AvgIpc) is 3.79. The number of aliphatic hydroxyl groups excluding tert-OH is 12. The van der Waals surface area contributed by atoms with Crippen LogP contribution in [0.5, 0.6) is 0 Å². The molecule has 66 heavy (non-hydrogen) atoms. The van der Waals surface area contributed by atoms with E-state index >= 15 is 0 Å². The highest BCUT2D eigenvalue weighted by molar-refractivity contribution is 5.29. The fraction of sp³-hybridized carbons (Fsp3) is 0.957. The molecule has 7 fully saturated rings. The topological polar surface area (TPSA) is 307 Å². The Morgan fingerprint density at radius 2 is 1.23 bits per heavy atom. The lowest BCUT2D eigenvalue weighted by Gasteiger charge is -2.58. The molecule has 12 N–H and O–H groups in total. The number of aliphatic hydroxyl groups is 12. The molecule has 19 nitrogen and oxygen atoms in total. The van der Waals surface area contributed by atoms with Crippen molar-refractivity contribution in [3.8, 4) is 0 Å². The van der Waals surface area contributed by atoms with Crippen LogP contribution in [0.1, 0.15) is 92.4 Å². The number of hydrogen-bond donors (Lipinski definition) is 12. The minimum atomic E-state index is -1.76. The van der Waals surface area contributed by atoms with Gasteiger partial charge in [-0.15, -0.1) is 0 Å². The molecule has 8 rings (SSSR count). The van der Waals surface area contributed by atoms with E-state index in [0.717, 1.165) is 38.5 Å². The van der Waals surface area contributed by atoms with E-state index in [0.29, 0.717) is 25.2 Å². The van der Waals surface area contributed by atoms with E-state index in [2.05, 4.69) is 33.8 Å². The molecule has 4 saturated heterocycles. The average molecular weight is 947 g/mol. The van der Waals surface area contributed by atoms with Crippen molar-refractivity contribution in [2.75, 3.05) is 26.4 Å². The standard InChI is InChI=1S/C47H78O19/c1-6-21-14-28(66-47(21,5)19-60-42-39(58)36(55)33(52)29(16-48)62-42)20(2)32-27(51)15-26-24-8-7-22-13-23(9-11-45(22,3)25(24)10-12-46(26,32)4)61-44-41(38(57)35(54)31(18-50)64-44)65-43-40(59)37(56)34(53)30(17-49)63-43/h8,20-23,25-44,48-59H,6-7,9-19H2,1-5H3/t20?,21-,22+,23+,25?,26-,27-,28+,29+,30+,31+,32?,33+,34+,35+,36-,37-,38-,39+,40+,41+,42+,43-,44+,45-,46-,47+/m0/s1. The van der Waals surface area contributed by atoms with Crippen molar-refractivity contribution >= 4 is 0 Å². The van der Waals surface area contributed by atoms with Gasteiger partial charge in [-0.1, -0.05) is 45.8 Å². The highest BCUT2D eigenvalue weighted by Gasteiger charge is 2.63. The van der Waals surface area contributed by atoms with Crippen LogP contribution in [-0.4, -0.2) is 204 Å². The number of fused-ring (bicyclic) bond motifs is 5. The second-order valence-electron chi connectivity index (χ2n) is 21.8. The largest absolute Gasteiger partial charge is 0.394 e. The van der Waals surface area contributed by atoms with Crippen LogP contribution in [0.3, 0.4) is 0 Å². The van der Waals surface area contributed by atoms with Crippen molar-refractivity contribution in [1.82, 2.24) is 0 Å². The maximum atomic E-state index is 12.0. The van der Waals surface area contributed by atoms with Crippen molar-refractivity contribution in [2.45, 2.75) is 208 Å². The van der Waals surface area contributed by atoms with Gasteiger partial charge in [0.05, 0.1) is 50.3 Å². The van der Waals surface area contributed by atoms with E-state index in [1.54, 1.807) is 0 Å². The summed E-state index contributed by atoms with van der Waals surface area (Å²) in [6, 6.07) is 0. The van der Waals surface area contributed by atoms with Gasteiger partial charge >= 0.3 is 0 Å². The zero-order valence-electron chi connectivity index (χ0n) is 38.9. The molecule has 27 atom stereocenters. The second kappa shape index (κ2) is 19.9. The molecular formula is C47H78O19. The van der Waals surface area contributed by atoms with Crippen molar-refractivity contribution in [3.05, 3.63) is 11.6 Å². The maximum Gasteiger partial charge on any atom is 0.187 e. The third-order valence-electron chi connectivity index (χ3n) is 18.3. The first-order valence-electron chi connectivity index (χ1n) is 24.5. The van der Waals surface area contributed by atoms with E-state index in [4.69, 9.17) is 33.2 Å². The quantitative estimate of drug-likeness (QED) is 0.0943. The number of hydrogen-bond acceptors (Lipinski definition) is 19. The molecule has 4 heterocycles. The SMILES string of the molecule is CC[C@H]1C[C@H](C(C)C2[C@@H](O)C[C@H]3C4=CC[C@@H]5C[C@H](O[C@@H]6O[C@H](CO)[C@@H](O)[C@H](O)[C@H]6O[C@@H]6O[C@H](CO)[C@@H](O)[C@H](O)[C@H]6O)CC[C@]5(C)C4CC[C@]23C)O[C@]1(C)CO[C@@H]1O[C@H](CO)[C@@H](O)[C@H](O)[C@H]1O. The molecule has 380 valence electrons. The predicted molar refractivity (Wildman–Crippen MR) is 228 cm³/mol. The summed E-state index contributed by atoms with van der Waals surface area (Å²) in [7, 11) is 0. The van der Waals surface area contributed by atoms with E-state index in [1.165, 1.54) is 5.57 Å². The molecule has 8 aliphatic rings. The molecule has 0 aromatic rings. The summed E-state index contributed by atoms with van der Waals surface area (Å²) in [5.74, 6) is 0.803. The van der Waals surface area contributed by atoms with Crippen LogP contribution >= 0.6 is 0 Å². The van der Waals surface area contributed by atoms with Crippen molar-refractivity contribution in [2.24, 2.45) is 46.3 Å². The van der Waals surface area contributed by atoms with Gasteiger partial charge in [-0.25, -0.2) is 0 Å². The lowest BCUT2D eigenvalue weighted by Crippen LogP contribution is -2.65. The fourth-order valence-electron chi connectivity index (χ4n) is 14.2. The highest BCUT2D eigenvalue weighted by Crippen LogP contribution is 2.67. The number of allylic oxidation sites excluding steroid dienone is 2. The highest BCUT2D eigenvalue weighted by atomic mass is 16.8. The Morgan fingerprint density at radius 3 is 1.85 bits per heavy atom. The van der Waals surface area contributed by atoms with Crippen LogP contribution in [0, 0.1) is 46.3 Å². The summed E-state index contributed by atoms with van der Waals surface area (Å²) in [5, 5.41) is 126. The van der Waals surface area contributed by atoms with Gasteiger partial charge in [-0.3, -0.25) is 0 Å². The second-order valence-corrected chi connectivity index (χ2v) is 21.8. The smallest absolute Gasteiger partial charge is 0.187 e. The predicted octanol–water partition coefficient (Wildman–Crippen LogP) is -1.43. The van der Waals surface area contributed by atoms with E-state index in [-0.39, 0.29) is 59.2 Å². The Labute approximate surface area is 386 Å². The van der Waals surface area contributed by atoms with Gasteiger partial charge in [0.15, 0.2) is 18.9 Å². The first-order valence-corrected chi connectivity index (χ1v) is 24.5. The van der Waals surface area contributed by atoms with Gasteiger partial charge < -0.3 is 94.4 Å². The number of ether oxygens (including phenoxy) is 7. The molecule has 0 radical (unpaired) electrons. The van der Waals surface area contributed by atoms with Crippen LogP contribution in [-0.2, 0) is 33.2 Å². The molecule has 0 aromatic carbocycles. The maximum absolute atomic E-state index is 12.0. The van der Waals surface area contributed by atoms with E-state index in [9.17, 15) is 61.3 Å². The summed E-state index contributed by atoms with van der Waals surface area (Å²) >= 11 is 0. The number of rotatable bonds is 13. The lowest BCUT2D eigenvalue weighted by molar-refractivity contribution is -0.373. The Hall–Kier alpha value is -1.02. The van der Waals surface area contributed by atoms with Crippen molar-refractivity contribution < 1.29 is 94.4 Å². The minimum Gasteiger partial charge on any atom is -0.394 e. The zero-order chi connectivity index (χ0) is 47.8. The zero-order valence-corrected chi connectivity index (χ0v) is 38.9. The normalized spacial score (nSPS) is 54.6. The fourth-order valence-corrected chi connectivity index (χ4v) is 14.2. The molecule has 4 aliphatic heterocycles. The van der Waals surface area contributed by atoms with Crippen LogP contribution in [0.2, 0.25) is 0 Å². The van der Waals surface area contributed by atoms with E-state index < -0.39 is 124 Å². The molecule has 19 heteroatoms. The molecular weight excluding hydrogens is 868 g/mol. The summed E-state index contributed by atoms with van der Waals surface area (Å²) in [6.45, 7) is 9.21. The first-order chi connectivity index (χ1) is 31.2. The summed E-state index contributed by atoms with van der Waals surface area (Å²) in [4.78, 5) is 0. The Kier molecular flexibility index (Phi) is 15.5. The summed E-state index contributed by atoms with van der Waals surface area (Å²) < 4.78 is 42.6. The molecule has 3 unspecified atom stereocenters.